The molecule has 31 heavy (non-hydrogen) atoms. The van der Waals surface area contributed by atoms with E-state index in [4.69, 9.17) is 0 Å². The molecular formula is C20H25N7O3S. The predicted molar refractivity (Wildman–Crippen MR) is 121 cm³/mol. The molecule has 1 saturated heterocycles. The van der Waals surface area contributed by atoms with Gasteiger partial charge in [-0.05, 0) is 0 Å². The molecule has 1 atom stereocenters. The number of carbonyl (C=O) groups excluding carboxylic acids is 3. The summed E-state index contributed by atoms with van der Waals surface area (Å²) < 4.78 is 0. The Kier molecular flexibility index (Phi) is 8.05. The van der Waals surface area contributed by atoms with E-state index in [0.717, 1.165) is 17.3 Å². The van der Waals surface area contributed by atoms with Crippen molar-refractivity contribution >= 4 is 40.5 Å². The van der Waals surface area contributed by atoms with Crippen LogP contribution in [0.4, 0.5) is 16.4 Å². The fraction of sp³-hybridized carbons (Fsp3) is 0.350. The van der Waals surface area contributed by atoms with Crippen molar-refractivity contribution in [3.8, 4) is 11.4 Å². The highest BCUT2D eigenvalue weighted by Crippen LogP contribution is 2.20. The fourth-order valence-electron chi connectivity index (χ4n) is 2.80. The molecule has 5 N–H and O–H groups in total. The fourth-order valence-corrected chi connectivity index (χ4v) is 3.58. The van der Waals surface area contributed by atoms with Gasteiger partial charge in [-0.1, -0.05) is 42.1 Å². The standard InChI is InChI=1S/C20H25N7O3S/c1-13(28)21-7-8-22-16-11-17(27-18(26-16)14-5-3-2-4-6-14)23-9-10-24-19(29)15-12-31-20(30)25-15/h2-6,11,15H,7-10,12H2,1H3,(H,21,28)(H,24,29)(H,25,30)(H2,22,23,26,27)/t15-/m0/s1. The second-order valence-electron chi connectivity index (χ2n) is 6.75. The zero-order valence-electron chi connectivity index (χ0n) is 17.1. The molecule has 1 aliphatic rings. The molecular weight excluding hydrogens is 418 g/mol. The summed E-state index contributed by atoms with van der Waals surface area (Å²) in [5.41, 5.74) is 0.874. The number of hydrogen-bond acceptors (Lipinski definition) is 8. The third-order valence-electron chi connectivity index (χ3n) is 4.28. The number of anilines is 2. The first-order valence-electron chi connectivity index (χ1n) is 9.89. The summed E-state index contributed by atoms with van der Waals surface area (Å²) in [6, 6.07) is 10.9. The van der Waals surface area contributed by atoms with Crippen LogP contribution in [-0.4, -0.2) is 65.0 Å². The SMILES string of the molecule is CC(=O)NCCNc1cc(NCCNC(=O)[C@@H]2CSC(=O)N2)nc(-c2ccccc2)n1. The second kappa shape index (κ2) is 11.2. The molecule has 0 saturated carbocycles. The Morgan fingerprint density at radius 3 is 2.26 bits per heavy atom. The number of rotatable bonds is 10. The van der Waals surface area contributed by atoms with Gasteiger partial charge in [-0.2, -0.15) is 0 Å². The Bertz CT molecular complexity index is 926. The van der Waals surface area contributed by atoms with Crippen LogP contribution < -0.4 is 26.6 Å². The van der Waals surface area contributed by atoms with Crippen LogP contribution >= 0.6 is 11.8 Å². The first-order chi connectivity index (χ1) is 15.0. The van der Waals surface area contributed by atoms with Gasteiger partial charge in [0, 0.05) is 50.5 Å². The van der Waals surface area contributed by atoms with Crippen molar-refractivity contribution in [2.24, 2.45) is 0 Å². The molecule has 2 aromatic rings. The Hall–Kier alpha value is -3.34. The van der Waals surface area contributed by atoms with E-state index in [2.05, 4.69) is 36.6 Å². The van der Waals surface area contributed by atoms with E-state index in [9.17, 15) is 14.4 Å². The van der Waals surface area contributed by atoms with Gasteiger partial charge in [-0.15, -0.1) is 0 Å². The van der Waals surface area contributed by atoms with E-state index in [-0.39, 0.29) is 17.1 Å². The topological polar surface area (TPSA) is 137 Å². The molecule has 1 aromatic heterocycles. The summed E-state index contributed by atoms with van der Waals surface area (Å²) in [5.74, 6) is 1.94. The Balaban J connectivity index is 1.58. The van der Waals surface area contributed by atoms with Crippen LogP contribution in [0, 0.1) is 0 Å². The van der Waals surface area contributed by atoms with E-state index in [0.29, 0.717) is 49.4 Å². The van der Waals surface area contributed by atoms with Crippen molar-refractivity contribution in [1.82, 2.24) is 25.9 Å². The van der Waals surface area contributed by atoms with E-state index in [1.54, 1.807) is 6.07 Å². The molecule has 3 amide bonds. The monoisotopic (exact) mass is 443 g/mol. The van der Waals surface area contributed by atoms with Crippen molar-refractivity contribution in [3.63, 3.8) is 0 Å². The molecule has 1 aliphatic heterocycles. The van der Waals surface area contributed by atoms with Crippen LogP contribution in [0.5, 0.6) is 0 Å². The zero-order chi connectivity index (χ0) is 22.1. The van der Waals surface area contributed by atoms with Crippen LogP contribution in [0.15, 0.2) is 36.4 Å². The molecule has 0 radical (unpaired) electrons. The van der Waals surface area contributed by atoms with Crippen molar-refractivity contribution in [2.45, 2.75) is 13.0 Å². The number of amides is 3. The quantitative estimate of drug-likeness (QED) is 0.344. The van der Waals surface area contributed by atoms with Crippen LogP contribution in [0.1, 0.15) is 6.92 Å². The lowest BCUT2D eigenvalue weighted by molar-refractivity contribution is -0.122. The minimum atomic E-state index is -0.486. The van der Waals surface area contributed by atoms with Crippen LogP contribution in [0.2, 0.25) is 0 Å². The van der Waals surface area contributed by atoms with Gasteiger partial charge in [0.05, 0.1) is 0 Å². The first kappa shape index (κ1) is 22.3. The van der Waals surface area contributed by atoms with Gasteiger partial charge in [-0.3, -0.25) is 14.4 Å². The van der Waals surface area contributed by atoms with E-state index in [1.807, 2.05) is 30.3 Å². The molecule has 0 aliphatic carbocycles. The van der Waals surface area contributed by atoms with E-state index in [1.165, 1.54) is 6.92 Å². The highest BCUT2D eigenvalue weighted by molar-refractivity contribution is 8.14. The van der Waals surface area contributed by atoms with Gasteiger partial charge in [0.25, 0.3) is 5.24 Å². The third-order valence-corrected chi connectivity index (χ3v) is 5.16. The Morgan fingerprint density at radius 2 is 1.68 bits per heavy atom. The van der Waals surface area contributed by atoms with Gasteiger partial charge >= 0.3 is 0 Å². The van der Waals surface area contributed by atoms with Crippen LogP contribution in [0.25, 0.3) is 11.4 Å². The van der Waals surface area contributed by atoms with Crippen molar-refractivity contribution in [3.05, 3.63) is 36.4 Å². The number of nitrogens with one attached hydrogen (secondary N) is 5. The van der Waals surface area contributed by atoms with E-state index >= 15 is 0 Å². The first-order valence-corrected chi connectivity index (χ1v) is 10.9. The molecule has 0 bridgehead atoms. The highest BCUT2D eigenvalue weighted by Gasteiger charge is 2.27. The molecule has 0 unspecified atom stereocenters. The molecule has 0 spiro atoms. The lowest BCUT2D eigenvalue weighted by atomic mass is 10.2. The third kappa shape index (κ3) is 7.14. The van der Waals surface area contributed by atoms with Gasteiger partial charge in [-0.25, -0.2) is 9.97 Å². The van der Waals surface area contributed by atoms with Gasteiger partial charge in [0.15, 0.2) is 5.82 Å². The number of hydrogen-bond donors (Lipinski definition) is 5. The van der Waals surface area contributed by atoms with Crippen LogP contribution in [-0.2, 0) is 9.59 Å². The molecule has 1 aromatic carbocycles. The number of aromatic nitrogens is 2. The largest absolute Gasteiger partial charge is 0.368 e. The molecule has 10 nitrogen and oxygen atoms in total. The summed E-state index contributed by atoms with van der Waals surface area (Å²) in [7, 11) is 0. The summed E-state index contributed by atoms with van der Waals surface area (Å²) in [6.07, 6.45) is 0. The highest BCUT2D eigenvalue weighted by atomic mass is 32.2. The number of benzene rings is 1. The molecule has 2 heterocycles. The second-order valence-corrected chi connectivity index (χ2v) is 7.74. The summed E-state index contributed by atoms with van der Waals surface area (Å²) in [4.78, 5) is 43.4. The maximum absolute atomic E-state index is 12.1. The van der Waals surface area contributed by atoms with Gasteiger partial charge in [0.2, 0.25) is 11.8 Å². The Morgan fingerprint density at radius 1 is 1.03 bits per heavy atom. The minimum absolute atomic E-state index is 0.0883. The lowest BCUT2D eigenvalue weighted by Gasteiger charge is -2.13. The minimum Gasteiger partial charge on any atom is -0.368 e. The maximum atomic E-state index is 12.1. The number of thioether (sulfide) groups is 1. The van der Waals surface area contributed by atoms with Crippen LogP contribution in [0.3, 0.4) is 0 Å². The van der Waals surface area contributed by atoms with E-state index < -0.39 is 6.04 Å². The normalized spacial score (nSPS) is 15.1. The molecule has 1 fully saturated rings. The summed E-state index contributed by atoms with van der Waals surface area (Å²) in [6.45, 7) is 3.30. The lowest BCUT2D eigenvalue weighted by Crippen LogP contribution is -2.44. The zero-order valence-corrected chi connectivity index (χ0v) is 17.9. The van der Waals surface area contributed by atoms with Crippen molar-refractivity contribution in [1.29, 1.82) is 0 Å². The summed E-state index contributed by atoms with van der Waals surface area (Å²) >= 11 is 1.11. The number of carbonyl (C=O) groups is 3. The van der Waals surface area contributed by atoms with Crippen molar-refractivity contribution in [2.75, 3.05) is 42.6 Å². The smallest absolute Gasteiger partial charge is 0.279 e. The van der Waals surface area contributed by atoms with Crippen molar-refractivity contribution < 1.29 is 14.4 Å². The van der Waals surface area contributed by atoms with Gasteiger partial charge < -0.3 is 26.6 Å². The van der Waals surface area contributed by atoms with Gasteiger partial charge in [0.1, 0.15) is 17.7 Å². The molecule has 164 valence electrons. The average Bonchev–Trinajstić information content (AvgIpc) is 3.21. The number of nitrogens with zero attached hydrogens (tertiary/aromatic N) is 2. The Labute approximate surface area is 184 Å². The maximum Gasteiger partial charge on any atom is 0.279 e. The molecule has 3 rings (SSSR count). The predicted octanol–water partition coefficient (Wildman–Crippen LogP) is 1.04. The average molecular weight is 444 g/mol. The molecule has 11 heteroatoms. The summed E-state index contributed by atoms with van der Waals surface area (Å²) in [5, 5.41) is 14.3.